The topological polar surface area (TPSA) is 33.5 Å². The largest absolute Gasteiger partial charge is 4.00 e. The Bertz CT molecular complexity index is 1920. The maximum absolute atomic E-state index is 6.57. The van der Waals surface area contributed by atoms with Crippen LogP contribution in [-0.2, 0) is 42.1 Å². The quantitative estimate of drug-likeness (QED) is 0.125. The van der Waals surface area contributed by atoms with Crippen molar-refractivity contribution in [3.8, 4) is 51.1 Å². The molecule has 6 aromatic rings. The van der Waals surface area contributed by atoms with Crippen molar-refractivity contribution in [2.45, 2.75) is 0 Å². The summed E-state index contributed by atoms with van der Waals surface area (Å²) in [6, 6.07) is 50.2. The Morgan fingerprint density at radius 3 is 2.30 bits per heavy atom. The standard InChI is InChI=1S/C33H21N3O.C6H4N.2Pt/c1-35-18-19-36(24-35)30-13-7-15-32(23-30)37-31-14-6-12-29(21-31)33-22-28(16-17-34-33)27-11-5-10-26(20-27)25-8-3-2-4-9-25;1-2-7-5-3-4-6-7;;/h2-10,13-20,24H,1H3;3-6H;;/q-6;-1;;+4. The summed E-state index contributed by atoms with van der Waals surface area (Å²) in [5.74, 6) is 1.15. The molecule has 0 saturated heterocycles. The Kier molecular flexibility index (Phi) is 12.4. The molecule has 0 saturated carbocycles. The molecule has 7 heteroatoms. The van der Waals surface area contributed by atoms with Gasteiger partial charge >= 0.3 is 21.1 Å². The van der Waals surface area contributed by atoms with Gasteiger partial charge in [0.05, 0.1) is 0 Å². The number of ether oxygens (including phenoxy) is 1. The van der Waals surface area contributed by atoms with E-state index >= 15 is 0 Å². The zero-order valence-corrected chi connectivity index (χ0v) is 29.1. The number of anilines is 1. The molecule has 1 aliphatic rings. The van der Waals surface area contributed by atoms with E-state index in [9.17, 15) is 0 Å². The maximum atomic E-state index is 6.57. The minimum Gasteiger partial charge on any atom is -0.669 e. The van der Waals surface area contributed by atoms with Gasteiger partial charge < -0.3 is 42.1 Å². The number of benzene rings is 4. The average Bonchev–Trinajstić information content (AvgIpc) is 3.78. The van der Waals surface area contributed by atoms with Crippen LogP contribution in [-0.4, -0.2) is 21.5 Å². The molecule has 0 unspecified atom stereocenters. The molecule has 230 valence electrons. The van der Waals surface area contributed by atoms with Crippen LogP contribution in [0.2, 0.25) is 0 Å². The van der Waals surface area contributed by atoms with Crippen LogP contribution >= 0.6 is 0 Å². The minimum absolute atomic E-state index is 0. The third-order valence-corrected chi connectivity index (χ3v) is 6.60. The van der Waals surface area contributed by atoms with Crippen LogP contribution in [0.15, 0.2) is 128 Å². The van der Waals surface area contributed by atoms with Gasteiger partial charge in [0.1, 0.15) is 0 Å². The molecule has 5 nitrogen and oxygen atoms in total. The van der Waals surface area contributed by atoms with Gasteiger partial charge in [-0.1, -0.05) is 36.1 Å². The predicted octanol–water partition coefficient (Wildman–Crippen LogP) is 8.10. The number of nitrogens with zero attached hydrogens (tertiary/aromatic N) is 4. The maximum Gasteiger partial charge on any atom is 4.00 e. The van der Waals surface area contributed by atoms with Crippen molar-refractivity contribution >= 4 is 5.69 Å². The summed E-state index contributed by atoms with van der Waals surface area (Å²) in [7, 11) is 1.98. The van der Waals surface area contributed by atoms with Gasteiger partial charge in [0.25, 0.3) is 0 Å². The van der Waals surface area contributed by atoms with E-state index in [0.717, 1.165) is 27.9 Å². The van der Waals surface area contributed by atoms with Gasteiger partial charge in [0, 0.05) is 39.2 Å². The fraction of sp³-hybridized carbons (Fsp3) is 0.0256. The van der Waals surface area contributed by atoms with Crippen LogP contribution in [0.3, 0.4) is 0 Å². The van der Waals surface area contributed by atoms with E-state index in [-0.39, 0.29) is 42.1 Å². The molecular formula is C39H25N4OPt2-3. The van der Waals surface area contributed by atoms with Crippen molar-refractivity contribution in [2.24, 2.45) is 0 Å². The summed E-state index contributed by atoms with van der Waals surface area (Å²) in [6.45, 7) is 1.97. The summed E-state index contributed by atoms with van der Waals surface area (Å²) >= 11 is 0. The Morgan fingerprint density at radius 1 is 0.783 bits per heavy atom. The van der Waals surface area contributed by atoms with Crippen molar-refractivity contribution in [3.63, 3.8) is 0 Å². The van der Waals surface area contributed by atoms with Crippen LogP contribution in [0.5, 0.6) is 11.5 Å². The number of pyridine rings is 1. The zero-order chi connectivity index (χ0) is 30.1. The van der Waals surface area contributed by atoms with E-state index in [1.54, 1.807) is 29.2 Å². The fourth-order valence-corrected chi connectivity index (χ4v) is 4.46. The van der Waals surface area contributed by atoms with E-state index in [2.05, 4.69) is 65.6 Å². The molecular weight excluding hydrogens is 931 g/mol. The van der Waals surface area contributed by atoms with Crippen molar-refractivity contribution in [3.05, 3.63) is 171 Å². The molecule has 4 aromatic carbocycles. The Balaban J connectivity index is 0.000000475. The molecule has 0 fully saturated rings. The van der Waals surface area contributed by atoms with Crippen LogP contribution < -0.4 is 9.64 Å². The van der Waals surface area contributed by atoms with Crippen LogP contribution in [0.25, 0.3) is 33.5 Å². The van der Waals surface area contributed by atoms with Crippen molar-refractivity contribution in [1.82, 2.24) is 14.5 Å². The Hall–Kier alpha value is -4.61. The molecule has 0 bridgehead atoms. The Morgan fingerprint density at radius 2 is 1.57 bits per heavy atom. The molecule has 0 amide bonds. The number of hydrogen-bond donors (Lipinski definition) is 0. The second kappa shape index (κ2) is 16.6. The molecule has 0 spiro atoms. The van der Waals surface area contributed by atoms with Gasteiger partial charge in [-0.15, -0.1) is 35.5 Å². The van der Waals surface area contributed by atoms with Gasteiger partial charge in [-0.25, -0.2) is 23.2 Å². The molecule has 3 heterocycles. The average molecular weight is 956 g/mol. The van der Waals surface area contributed by atoms with E-state index < -0.39 is 0 Å². The zero-order valence-electron chi connectivity index (χ0n) is 24.5. The van der Waals surface area contributed by atoms with Crippen molar-refractivity contribution in [1.29, 1.82) is 0 Å². The minimum atomic E-state index is 0. The first kappa shape index (κ1) is 34.3. The van der Waals surface area contributed by atoms with Gasteiger partial charge in [0.15, 0.2) is 0 Å². The first-order chi connectivity index (χ1) is 21.6. The van der Waals surface area contributed by atoms with Gasteiger partial charge in [0.2, 0.25) is 0 Å². The molecule has 0 radical (unpaired) electrons. The first-order valence-electron chi connectivity index (χ1n) is 13.8. The van der Waals surface area contributed by atoms with Gasteiger partial charge in [-0.05, 0) is 43.3 Å². The number of aromatic nitrogens is 2. The van der Waals surface area contributed by atoms with Crippen LogP contribution in [0.1, 0.15) is 0 Å². The van der Waals surface area contributed by atoms with Gasteiger partial charge in [-0.3, -0.25) is 12.1 Å². The molecule has 0 atom stereocenters. The van der Waals surface area contributed by atoms with Crippen LogP contribution in [0.4, 0.5) is 5.69 Å². The third kappa shape index (κ3) is 8.76. The molecule has 2 aromatic heterocycles. The first-order valence-corrected chi connectivity index (χ1v) is 13.8. The van der Waals surface area contributed by atoms with E-state index in [0.29, 0.717) is 22.8 Å². The van der Waals surface area contributed by atoms with E-state index in [1.807, 2.05) is 103 Å². The van der Waals surface area contributed by atoms with Gasteiger partial charge in [-0.2, -0.15) is 48.8 Å². The van der Waals surface area contributed by atoms with Crippen LogP contribution in [0, 0.1) is 49.5 Å². The van der Waals surface area contributed by atoms with E-state index in [1.165, 1.54) is 0 Å². The molecule has 46 heavy (non-hydrogen) atoms. The smallest absolute Gasteiger partial charge is 0.669 e. The SMILES string of the molecule is CN1C=CN(c2[c-]c(Oc3[c-]c(-c4[c-]c(-c5[c-]ccc(-c6ccccc6)c5)ccn4)[c-]cc3)ccc2)[CH-]1.[C-]#Cn1cccc1.[Pt+4].[Pt]. The molecule has 1 aliphatic heterocycles. The molecule has 0 N–H and O–H groups in total. The number of hydrogen-bond acceptors (Lipinski definition) is 4. The Labute approximate surface area is 299 Å². The predicted molar refractivity (Wildman–Crippen MR) is 172 cm³/mol. The second-order valence-corrected chi connectivity index (χ2v) is 9.72. The van der Waals surface area contributed by atoms with Crippen molar-refractivity contribution < 1.29 is 46.9 Å². The van der Waals surface area contributed by atoms with Crippen molar-refractivity contribution in [2.75, 3.05) is 11.9 Å². The molecule has 7 rings (SSSR count). The summed E-state index contributed by atoms with van der Waals surface area (Å²) in [5.41, 5.74) is 6.33. The summed E-state index contributed by atoms with van der Waals surface area (Å²) in [5, 5.41) is 0. The number of rotatable bonds is 6. The molecule has 0 aliphatic carbocycles. The second-order valence-electron chi connectivity index (χ2n) is 9.72. The third-order valence-electron chi connectivity index (χ3n) is 6.60. The summed E-state index contributed by atoms with van der Waals surface area (Å²) in [4.78, 5) is 8.47. The monoisotopic (exact) mass is 955 g/mol. The fourth-order valence-electron chi connectivity index (χ4n) is 4.46. The normalized spacial score (nSPS) is 11.4. The summed E-state index contributed by atoms with van der Waals surface area (Å²) < 4.78 is 7.63. The van der Waals surface area contributed by atoms with E-state index in [4.69, 9.17) is 11.2 Å². The summed E-state index contributed by atoms with van der Waals surface area (Å²) in [6.07, 6.45) is 15.8.